The van der Waals surface area contributed by atoms with E-state index in [1.165, 1.54) is 43.9 Å². The zero-order chi connectivity index (χ0) is 14.5. The standard InChI is InChI=1S/C16H19N3OS/c20-16(15-11-18-21-19-15)17-10-12-6-8-14(9-7-12)13-4-2-1-3-5-13/h6-9,11,13H,1-5,10H2,(H,17,20). The van der Waals surface area contributed by atoms with Crippen molar-refractivity contribution in [1.29, 1.82) is 0 Å². The van der Waals surface area contributed by atoms with Crippen LogP contribution in [0, 0.1) is 0 Å². The zero-order valence-electron chi connectivity index (χ0n) is 11.9. The molecule has 0 spiro atoms. The second kappa shape index (κ2) is 6.80. The highest BCUT2D eigenvalue weighted by molar-refractivity contribution is 6.99. The minimum Gasteiger partial charge on any atom is -0.347 e. The lowest BCUT2D eigenvalue weighted by Gasteiger charge is -2.22. The molecule has 1 heterocycles. The molecule has 0 bridgehead atoms. The van der Waals surface area contributed by atoms with Crippen LogP contribution in [0.15, 0.2) is 30.5 Å². The van der Waals surface area contributed by atoms with Crippen LogP contribution in [-0.4, -0.2) is 14.7 Å². The SMILES string of the molecule is O=C(NCc1ccc(C2CCCCC2)cc1)c1cnsn1. The average Bonchev–Trinajstić information content (AvgIpc) is 3.08. The maximum Gasteiger partial charge on any atom is 0.272 e. The summed E-state index contributed by atoms with van der Waals surface area (Å²) in [5.41, 5.74) is 2.94. The summed E-state index contributed by atoms with van der Waals surface area (Å²) in [5.74, 6) is 0.559. The van der Waals surface area contributed by atoms with E-state index in [-0.39, 0.29) is 5.91 Å². The number of carbonyl (C=O) groups is 1. The van der Waals surface area contributed by atoms with E-state index in [9.17, 15) is 4.79 Å². The Balaban J connectivity index is 1.55. The molecular formula is C16H19N3OS. The van der Waals surface area contributed by atoms with Crippen molar-refractivity contribution in [3.8, 4) is 0 Å². The first-order chi connectivity index (χ1) is 10.3. The van der Waals surface area contributed by atoms with E-state index >= 15 is 0 Å². The van der Waals surface area contributed by atoms with Crippen molar-refractivity contribution in [1.82, 2.24) is 14.1 Å². The van der Waals surface area contributed by atoms with Crippen LogP contribution in [0.5, 0.6) is 0 Å². The van der Waals surface area contributed by atoms with E-state index in [1.807, 2.05) is 0 Å². The molecule has 1 aliphatic rings. The van der Waals surface area contributed by atoms with Crippen molar-refractivity contribution in [3.05, 3.63) is 47.3 Å². The number of hydrogen-bond donors (Lipinski definition) is 1. The van der Waals surface area contributed by atoms with Crippen LogP contribution in [0.1, 0.15) is 59.6 Å². The number of hydrogen-bond acceptors (Lipinski definition) is 4. The van der Waals surface area contributed by atoms with Crippen molar-refractivity contribution >= 4 is 17.6 Å². The molecule has 110 valence electrons. The summed E-state index contributed by atoms with van der Waals surface area (Å²) < 4.78 is 7.75. The molecule has 1 saturated carbocycles. The van der Waals surface area contributed by atoms with Gasteiger partial charge >= 0.3 is 0 Å². The molecule has 1 N–H and O–H groups in total. The van der Waals surface area contributed by atoms with Gasteiger partial charge in [0.05, 0.1) is 17.9 Å². The number of amides is 1. The highest BCUT2D eigenvalue weighted by atomic mass is 32.1. The molecule has 0 saturated heterocycles. The van der Waals surface area contributed by atoms with Gasteiger partial charge in [0.25, 0.3) is 5.91 Å². The topological polar surface area (TPSA) is 54.9 Å². The lowest BCUT2D eigenvalue weighted by atomic mass is 9.84. The number of aromatic nitrogens is 2. The molecule has 4 nitrogen and oxygen atoms in total. The number of rotatable bonds is 4. The quantitative estimate of drug-likeness (QED) is 0.940. The summed E-state index contributed by atoms with van der Waals surface area (Å²) >= 11 is 1.05. The minimum atomic E-state index is -0.167. The second-order valence-corrected chi connectivity index (χ2v) is 6.11. The van der Waals surface area contributed by atoms with Crippen LogP contribution in [-0.2, 0) is 6.54 Å². The highest BCUT2D eigenvalue weighted by Gasteiger charge is 2.15. The molecule has 3 rings (SSSR count). The largest absolute Gasteiger partial charge is 0.347 e. The van der Waals surface area contributed by atoms with Gasteiger partial charge in [-0.25, -0.2) is 0 Å². The summed E-state index contributed by atoms with van der Waals surface area (Å²) in [6.45, 7) is 0.529. The zero-order valence-corrected chi connectivity index (χ0v) is 12.7. The molecule has 1 aromatic heterocycles. The highest BCUT2D eigenvalue weighted by Crippen LogP contribution is 2.32. The monoisotopic (exact) mass is 301 g/mol. The van der Waals surface area contributed by atoms with E-state index in [0.29, 0.717) is 12.2 Å². The van der Waals surface area contributed by atoms with E-state index in [4.69, 9.17) is 0 Å². The molecular weight excluding hydrogens is 282 g/mol. The van der Waals surface area contributed by atoms with Crippen LogP contribution < -0.4 is 5.32 Å². The van der Waals surface area contributed by atoms with Gasteiger partial charge in [-0.3, -0.25) is 4.79 Å². The van der Waals surface area contributed by atoms with Crippen molar-refractivity contribution in [2.75, 3.05) is 0 Å². The first-order valence-electron chi connectivity index (χ1n) is 7.47. The fourth-order valence-electron chi connectivity index (χ4n) is 2.88. The smallest absolute Gasteiger partial charge is 0.272 e. The summed E-state index contributed by atoms with van der Waals surface area (Å²) in [4.78, 5) is 11.8. The first kappa shape index (κ1) is 14.2. The van der Waals surface area contributed by atoms with E-state index in [0.717, 1.165) is 23.2 Å². The van der Waals surface area contributed by atoms with Crippen molar-refractivity contribution in [2.24, 2.45) is 0 Å². The molecule has 0 unspecified atom stereocenters. The van der Waals surface area contributed by atoms with Crippen molar-refractivity contribution in [2.45, 2.75) is 44.6 Å². The van der Waals surface area contributed by atoms with Crippen LogP contribution >= 0.6 is 11.7 Å². The van der Waals surface area contributed by atoms with Crippen molar-refractivity contribution < 1.29 is 4.79 Å². The lowest BCUT2D eigenvalue weighted by Crippen LogP contribution is -2.23. The summed E-state index contributed by atoms with van der Waals surface area (Å²) in [5, 5.41) is 2.87. The Kier molecular flexibility index (Phi) is 4.60. The van der Waals surface area contributed by atoms with E-state index < -0.39 is 0 Å². The van der Waals surface area contributed by atoms with Gasteiger partial charge in [-0.15, -0.1) is 0 Å². The van der Waals surface area contributed by atoms with Crippen LogP contribution in [0.3, 0.4) is 0 Å². The molecule has 1 aromatic carbocycles. The molecule has 2 aromatic rings. The van der Waals surface area contributed by atoms with Gasteiger partial charge in [0, 0.05) is 6.54 Å². The second-order valence-electron chi connectivity index (χ2n) is 5.55. The number of nitrogens with one attached hydrogen (secondary N) is 1. The average molecular weight is 301 g/mol. The molecule has 1 amide bonds. The Hall–Kier alpha value is -1.75. The Morgan fingerprint density at radius 1 is 1.19 bits per heavy atom. The third-order valence-electron chi connectivity index (χ3n) is 4.10. The summed E-state index contributed by atoms with van der Waals surface area (Å²) in [6.07, 6.45) is 8.20. The van der Waals surface area contributed by atoms with Gasteiger partial charge in [0.15, 0.2) is 5.69 Å². The maximum atomic E-state index is 11.8. The molecule has 5 heteroatoms. The Morgan fingerprint density at radius 3 is 2.62 bits per heavy atom. The third kappa shape index (κ3) is 3.67. The Labute approximate surface area is 128 Å². The predicted molar refractivity (Wildman–Crippen MR) is 83.3 cm³/mol. The minimum absolute atomic E-state index is 0.167. The summed E-state index contributed by atoms with van der Waals surface area (Å²) in [7, 11) is 0. The first-order valence-corrected chi connectivity index (χ1v) is 8.20. The molecule has 21 heavy (non-hydrogen) atoms. The molecule has 0 radical (unpaired) electrons. The normalized spacial score (nSPS) is 15.8. The van der Waals surface area contributed by atoms with Crippen LogP contribution in [0.2, 0.25) is 0 Å². The number of carbonyl (C=O) groups excluding carboxylic acids is 1. The summed E-state index contributed by atoms with van der Waals surface area (Å²) in [6, 6.07) is 8.65. The van der Waals surface area contributed by atoms with Gasteiger partial charge in [0.2, 0.25) is 0 Å². The third-order valence-corrected chi connectivity index (χ3v) is 4.58. The maximum absolute atomic E-state index is 11.8. The van der Waals surface area contributed by atoms with Gasteiger partial charge in [-0.1, -0.05) is 43.5 Å². The fraction of sp³-hybridized carbons (Fsp3) is 0.438. The Bertz CT molecular complexity index is 574. The lowest BCUT2D eigenvalue weighted by molar-refractivity contribution is 0.0947. The van der Waals surface area contributed by atoms with Gasteiger partial charge in [0.1, 0.15) is 0 Å². The predicted octanol–water partition coefficient (Wildman–Crippen LogP) is 3.52. The van der Waals surface area contributed by atoms with Crippen LogP contribution in [0.25, 0.3) is 0 Å². The number of benzene rings is 1. The Morgan fingerprint density at radius 2 is 1.95 bits per heavy atom. The fourth-order valence-corrected chi connectivity index (χ4v) is 3.29. The molecule has 0 atom stereocenters. The molecule has 1 aliphatic carbocycles. The number of nitrogens with zero attached hydrogens (tertiary/aromatic N) is 2. The van der Waals surface area contributed by atoms with Crippen molar-refractivity contribution in [3.63, 3.8) is 0 Å². The molecule has 1 fully saturated rings. The van der Waals surface area contributed by atoms with Crippen LogP contribution in [0.4, 0.5) is 0 Å². The molecule has 0 aliphatic heterocycles. The van der Waals surface area contributed by atoms with E-state index in [2.05, 4.69) is 38.3 Å². The van der Waals surface area contributed by atoms with E-state index in [1.54, 1.807) is 0 Å². The van der Waals surface area contributed by atoms with Gasteiger partial charge in [-0.05, 0) is 29.9 Å². The van der Waals surface area contributed by atoms with Gasteiger partial charge < -0.3 is 5.32 Å². The van der Waals surface area contributed by atoms with Gasteiger partial charge in [-0.2, -0.15) is 8.75 Å².